The Balaban J connectivity index is 2.36. The zero-order valence-corrected chi connectivity index (χ0v) is 9.92. The van der Waals surface area contributed by atoms with Gasteiger partial charge in [0.2, 0.25) is 0 Å². The van der Waals surface area contributed by atoms with Gasteiger partial charge in [-0.15, -0.1) is 0 Å². The van der Waals surface area contributed by atoms with Gasteiger partial charge in [0, 0.05) is 12.6 Å². The van der Waals surface area contributed by atoms with Crippen molar-refractivity contribution in [3.05, 3.63) is 0 Å². The van der Waals surface area contributed by atoms with Gasteiger partial charge in [-0.25, -0.2) is 8.42 Å². The third-order valence-electron chi connectivity index (χ3n) is 2.73. The van der Waals surface area contributed by atoms with Crippen LogP contribution < -0.4 is 0 Å². The Morgan fingerprint density at radius 1 is 1.53 bits per heavy atom. The highest BCUT2D eigenvalue weighted by Crippen LogP contribution is 2.16. The largest absolute Gasteiger partial charge is 0.469 e. The van der Waals surface area contributed by atoms with Crippen LogP contribution in [0, 0.1) is 0 Å². The van der Waals surface area contributed by atoms with Gasteiger partial charge in [-0.2, -0.15) is 0 Å². The number of ether oxygens (including phenoxy) is 1. The van der Waals surface area contributed by atoms with Crippen LogP contribution in [0.4, 0.5) is 0 Å². The van der Waals surface area contributed by atoms with Crippen LogP contribution >= 0.6 is 0 Å². The minimum Gasteiger partial charge on any atom is -0.469 e. The second-order valence-electron chi connectivity index (χ2n) is 3.86. The predicted molar refractivity (Wildman–Crippen MR) is 56.3 cm³/mol. The van der Waals surface area contributed by atoms with E-state index in [0.717, 1.165) is 0 Å². The Hall–Kier alpha value is -0.620. The summed E-state index contributed by atoms with van der Waals surface area (Å²) in [5, 5.41) is 0. The van der Waals surface area contributed by atoms with E-state index in [1.807, 2.05) is 11.9 Å². The molecule has 0 spiro atoms. The van der Waals surface area contributed by atoms with E-state index in [4.69, 9.17) is 0 Å². The number of methoxy groups -OCH3 is 1. The highest BCUT2D eigenvalue weighted by Gasteiger charge is 2.30. The molecule has 0 aliphatic carbocycles. The summed E-state index contributed by atoms with van der Waals surface area (Å²) in [6.07, 6.45) is 0.976. The minimum absolute atomic E-state index is 0.0552. The van der Waals surface area contributed by atoms with E-state index in [1.54, 1.807) is 0 Å². The molecule has 0 aromatic rings. The maximum atomic E-state index is 11.2. The normalized spacial score (nSPS) is 24.3. The Labute approximate surface area is 90.3 Å². The van der Waals surface area contributed by atoms with Crippen molar-refractivity contribution in [1.29, 1.82) is 0 Å². The van der Waals surface area contributed by atoms with Gasteiger partial charge in [0.1, 0.15) is 0 Å². The number of sulfone groups is 1. The van der Waals surface area contributed by atoms with Gasteiger partial charge in [-0.05, 0) is 13.5 Å². The summed E-state index contributed by atoms with van der Waals surface area (Å²) in [4.78, 5) is 12.8. The quantitative estimate of drug-likeness (QED) is 0.624. The highest BCUT2D eigenvalue weighted by molar-refractivity contribution is 7.91. The zero-order valence-electron chi connectivity index (χ0n) is 9.10. The van der Waals surface area contributed by atoms with Gasteiger partial charge in [0.25, 0.3) is 0 Å². The summed E-state index contributed by atoms with van der Waals surface area (Å²) in [5.74, 6) is 0.216. The summed E-state index contributed by atoms with van der Waals surface area (Å²) >= 11 is 0. The fourth-order valence-corrected chi connectivity index (χ4v) is 3.48. The van der Waals surface area contributed by atoms with Crippen molar-refractivity contribution in [1.82, 2.24) is 4.90 Å². The maximum Gasteiger partial charge on any atom is 0.306 e. The first-order valence-electron chi connectivity index (χ1n) is 4.92. The molecule has 1 saturated heterocycles. The number of nitrogens with zero attached hydrogens (tertiary/aromatic N) is 1. The second kappa shape index (κ2) is 4.94. The zero-order chi connectivity index (χ0) is 11.5. The number of hydrogen-bond acceptors (Lipinski definition) is 5. The molecule has 5 nitrogen and oxygen atoms in total. The van der Waals surface area contributed by atoms with E-state index in [9.17, 15) is 13.2 Å². The van der Waals surface area contributed by atoms with Gasteiger partial charge < -0.3 is 9.64 Å². The van der Waals surface area contributed by atoms with Crippen LogP contribution in [-0.2, 0) is 19.4 Å². The van der Waals surface area contributed by atoms with E-state index >= 15 is 0 Å². The number of hydrogen-bond donors (Lipinski definition) is 0. The summed E-state index contributed by atoms with van der Waals surface area (Å²) in [5.41, 5.74) is 0. The fourth-order valence-electron chi connectivity index (χ4n) is 1.68. The molecule has 0 saturated carbocycles. The molecule has 1 aliphatic heterocycles. The molecule has 0 radical (unpaired) electrons. The van der Waals surface area contributed by atoms with Gasteiger partial charge in [0.15, 0.2) is 9.84 Å². The van der Waals surface area contributed by atoms with Crippen molar-refractivity contribution in [2.24, 2.45) is 0 Å². The number of rotatable bonds is 4. The van der Waals surface area contributed by atoms with Gasteiger partial charge in [-0.3, -0.25) is 4.79 Å². The average molecular weight is 235 g/mol. The minimum atomic E-state index is -2.84. The smallest absolute Gasteiger partial charge is 0.306 e. The lowest BCUT2D eigenvalue weighted by atomic mass is 10.2. The maximum absolute atomic E-state index is 11.2. The molecular weight excluding hydrogens is 218 g/mol. The first kappa shape index (κ1) is 12.4. The summed E-state index contributed by atoms with van der Waals surface area (Å²) in [6, 6.07) is 0.0552. The first-order chi connectivity index (χ1) is 6.94. The lowest BCUT2D eigenvalue weighted by molar-refractivity contribution is -0.141. The molecule has 1 rings (SSSR count). The molecule has 0 amide bonds. The summed E-state index contributed by atoms with van der Waals surface area (Å²) < 4.78 is 27.0. The second-order valence-corrected chi connectivity index (χ2v) is 6.09. The van der Waals surface area contributed by atoms with Crippen molar-refractivity contribution < 1.29 is 17.9 Å². The molecule has 1 aliphatic rings. The average Bonchev–Trinajstić information content (AvgIpc) is 2.54. The van der Waals surface area contributed by atoms with Crippen LogP contribution in [-0.4, -0.2) is 57.5 Å². The lowest BCUT2D eigenvalue weighted by Crippen LogP contribution is -2.34. The molecule has 1 unspecified atom stereocenters. The molecule has 1 atom stereocenters. The van der Waals surface area contributed by atoms with E-state index in [1.165, 1.54) is 7.11 Å². The molecule has 88 valence electrons. The molecular formula is C9H17NO4S. The van der Waals surface area contributed by atoms with Crippen LogP contribution in [0.2, 0.25) is 0 Å². The number of carbonyl (C=O) groups is 1. The monoisotopic (exact) mass is 235 g/mol. The topological polar surface area (TPSA) is 63.7 Å². The van der Waals surface area contributed by atoms with Crippen LogP contribution in [0.3, 0.4) is 0 Å². The molecule has 6 heteroatoms. The van der Waals surface area contributed by atoms with E-state index in [2.05, 4.69) is 4.74 Å². The van der Waals surface area contributed by atoms with Gasteiger partial charge >= 0.3 is 5.97 Å². The third-order valence-corrected chi connectivity index (χ3v) is 4.48. The van der Waals surface area contributed by atoms with Gasteiger partial charge in [-0.1, -0.05) is 0 Å². The van der Waals surface area contributed by atoms with Gasteiger partial charge in [0.05, 0.1) is 25.0 Å². The van der Waals surface area contributed by atoms with Crippen molar-refractivity contribution in [3.63, 3.8) is 0 Å². The van der Waals surface area contributed by atoms with E-state index in [0.29, 0.717) is 19.4 Å². The fraction of sp³-hybridized carbons (Fsp3) is 0.889. The molecule has 1 fully saturated rings. The molecule has 15 heavy (non-hydrogen) atoms. The number of esters is 1. The molecule has 0 bridgehead atoms. The summed E-state index contributed by atoms with van der Waals surface area (Å²) in [6.45, 7) is 0.548. The highest BCUT2D eigenvalue weighted by atomic mass is 32.2. The lowest BCUT2D eigenvalue weighted by Gasteiger charge is -2.22. The third kappa shape index (κ3) is 3.79. The van der Waals surface area contributed by atoms with Crippen molar-refractivity contribution >= 4 is 15.8 Å². The van der Waals surface area contributed by atoms with Crippen LogP contribution in [0.1, 0.15) is 12.8 Å². The van der Waals surface area contributed by atoms with Crippen molar-refractivity contribution in [2.75, 3.05) is 32.2 Å². The Morgan fingerprint density at radius 3 is 2.67 bits per heavy atom. The molecule has 0 N–H and O–H groups in total. The predicted octanol–water partition coefficient (Wildman–Crippen LogP) is -0.332. The molecule has 1 heterocycles. The van der Waals surface area contributed by atoms with Crippen LogP contribution in [0.25, 0.3) is 0 Å². The first-order valence-corrected chi connectivity index (χ1v) is 6.74. The SMILES string of the molecule is COC(=O)CCN(C)C1CCS(=O)(=O)C1. The van der Waals surface area contributed by atoms with Crippen molar-refractivity contribution in [2.45, 2.75) is 18.9 Å². The van der Waals surface area contributed by atoms with Crippen molar-refractivity contribution in [3.8, 4) is 0 Å². The summed E-state index contributed by atoms with van der Waals surface area (Å²) in [7, 11) is 0.349. The Bertz CT molecular complexity index is 325. The van der Waals surface area contributed by atoms with Crippen LogP contribution in [0.15, 0.2) is 0 Å². The van der Waals surface area contributed by atoms with Crippen LogP contribution in [0.5, 0.6) is 0 Å². The number of carbonyl (C=O) groups excluding carboxylic acids is 1. The Kier molecular flexibility index (Phi) is 4.10. The standard InChI is InChI=1S/C9H17NO4S/c1-10(5-3-9(11)14-2)8-4-6-15(12,13)7-8/h8H,3-7H2,1-2H3. The van der Waals surface area contributed by atoms with E-state index in [-0.39, 0.29) is 23.5 Å². The Morgan fingerprint density at radius 2 is 2.20 bits per heavy atom. The molecule has 0 aromatic heterocycles. The van der Waals surface area contributed by atoms with E-state index < -0.39 is 9.84 Å². The molecule has 0 aromatic carbocycles.